The minimum absolute atomic E-state index is 0.0499. The Hall–Kier alpha value is -5.38. The molecule has 0 fully saturated rings. The van der Waals surface area contributed by atoms with Crippen molar-refractivity contribution in [1.82, 2.24) is 4.90 Å². The number of carbonyl (C=O) groups is 2. The van der Waals surface area contributed by atoms with Gasteiger partial charge in [-0.15, -0.1) is 0 Å². The summed E-state index contributed by atoms with van der Waals surface area (Å²) in [5.74, 6) is -1.39. The van der Waals surface area contributed by atoms with E-state index in [-0.39, 0.29) is 24.4 Å². The fourth-order valence-corrected chi connectivity index (χ4v) is 5.30. The lowest BCUT2D eigenvalue weighted by atomic mass is 10.1. The standard InChI is InChI=1S/C40H47N5O4/c1-5-44(6-2)37-18-14-33(15-19-37)28-35(30-41)39(46)48-26-24-43(23-22-32-12-10-9-11-13-32)25-27-49-40(47)36(31-42)29-34-16-20-38(21-17-34)45(7-3)8-4/h9-21,28-29H,5-8,22-27H2,1-4H3/b35-28+,36-29+. The second kappa shape index (κ2) is 20.8. The van der Waals surface area contributed by atoms with Crippen molar-refractivity contribution in [1.29, 1.82) is 10.5 Å². The van der Waals surface area contributed by atoms with Crippen LogP contribution in [0, 0.1) is 22.7 Å². The fraction of sp³-hybridized carbons (Fsp3) is 0.350. The van der Waals surface area contributed by atoms with Crippen LogP contribution < -0.4 is 9.80 Å². The monoisotopic (exact) mass is 661 g/mol. The van der Waals surface area contributed by atoms with Crippen molar-refractivity contribution >= 4 is 35.5 Å². The van der Waals surface area contributed by atoms with E-state index in [0.29, 0.717) is 19.6 Å². The van der Waals surface area contributed by atoms with Gasteiger partial charge in [-0.05, 0) is 87.2 Å². The molecule has 3 aromatic rings. The molecule has 0 atom stereocenters. The van der Waals surface area contributed by atoms with Crippen molar-refractivity contribution in [2.75, 3.05) is 68.8 Å². The molecular formula is C40H47N5O4. The summed E-state index contributed by atoms with van der Waals surface area (Å²) in [7, 11) is 0. The number of hydrogen-bond donors (Lipinski definition) is 0. The van der Waals surface area contributed by atoms with Gasteiger partial charge < -0.3 is 19.3 Å². The van der Waals surface area contributed by atoms with Gasteiger partial charge in [0.05, 0.1) is 0 Å². The lowest BCUT2D eigenvalue weighted by Crippen LogP contribution is -2.34. The van der Waals surface area contributed by atoms with Crippen molar-refractivity contribution in [3.05, 3.63) is 107 Å². The second-order valence-corrected chi connectivity index (χ2v) is 11.2. The van der Waals surface area contributed by atoms with Gasteiger partial charge in [0.2, 0.25) is 0 Å². The normalized spacial score (nSPS) is 11.4. The summed E-state index contributed by atoms with van der Waals surface area (Å²) in [6.07, 6.45) is 3.80. The van der Waals surface area contributed by atoms with E-state index in [9.17, 15) is 20.1 Å². The number of nitrogens with zero attached hydrogens (tertiary/aromatic N) is 5. The number of rotatable bonds is 19. The summed E-state index contributed by atoms with van der Waals surface area (Å²) in [6.45, 7) is 13.4. The van der Waals surface area contributed by atoms with E-state index >= 15 is 0 Å². The zero-order valence-electron chi connectivity index (χ0n) is 29.1. The summed E-state index contributed by atoms with van der Waals surface area (Å²) >= 11 is 0. The van der Waals surface area contributed by atoms with E-state index in [2.05, 4.69) is 37.5 Å². The predicted molar refractivity (Wildman–Crippen MR) is 196 cm³/mol. The second-order valence-electron chi connectivity index (χ2n) is 11.2. The molecule has 0 amide bonds. The molecule has 0 saturated heterocycles. The average Bonchev–Trinajstić information content (AvgIpc) is 3.14. The third kappa shape index (κ3) is 12.3. The van der Waals surface area contributed by atoms with E-state index in [1.54, 1.807) is 0 Å². The summed E-state index contributed by atoms with van der Waals surface area (Å²) < 4.78 is 11.0. The van der Waals surface area contributed by atoms with Gasteiger partial charge in [0.25, 0.3) is 0 Å². The Bertz CT molecular complexity index is 1510. The van der Waals surface area contributed by atoms with Crippen LogP contribution >= 0.6 is 0 Å². The van der Waals surface area contributed by atoms with Crippen molar-refractivity contribution in [3.8, 4) is 12.1 Å². The third-order valence-electron chi connectivity index (χ3n) is 8.19. The van der Waals surface area contributed by atoms with Crippen LogP contribution in [0.5, 0.6) is 0 Å². The van der Waals surface area contributed by atoms with Crippen molar-refractivity contribution in [3.63, 3.8) is 0 Å². The molecule has 3 rings (SSSR count). The zero-order chi connectivity index (χ0) is 35.4. The van der Waals surface area contributed by atoms with Crippen molar-refractivity contribution < 1.29 is 19.1 Å². The Morgan fingerprint density at radius 1 is 0.612 bits per heavy atom. The molecule has 0 N–H and O–H groups in total. The highest BCUT2D eigenvalue weighted by Crippen LogP contribution is 2.18. The number of hydrogen-bond acceptors (Lipinski definition) is 9. The zero-order valence-corrected chi connectivity index (χ0v) is 29.1. The van der Waals surface area contributed by atoms with E-state index in [4.69, 9.17) is 9.47 Å². The molecule has 0 radical (unpaired) electrons. The highest BCUT2D eigenvalue weighted by molar-refractivity contribution is 5.98. The van der Waals surface area contributed by atoms with Gasteiger partial charge >= 0.3 is 11.9 Å². The summed E-state index contributed by atoms with van der Waals surface area (Å²) in [5, 5.41) is 19.3. The Labute approximate surface area is 291 Å². The largest absolute Gasteiger partial charge is 0.460 e. The predicted octanol–water partition coefficient (Wildman–Crippen LogP) is 6.52. The molecular weight excluding hydrogens is 614 g/mol. The molecule has 49 heavy (non-hydrogen) atoms. The van der Waals surface area contributed by atoms with Crippen LogP contribution in [0.15, 0.2) is 90.0 Å². The maximum atomic E-state index is 12.8. The van der Waals surface area contributed by atoms with E-state index in [1.165, 1.54) is 12.2 Å². The number of carbonyl (C=O) groups excluding carboxylic acids is 2. The molecule has 0 aliphatic rings. The highest BCUT2D eigenvalue weighted by atomic mass is 16.5. The Morgan fingerprint density at radius 2 is 1.02 bits per heavy atom. The summed E-state index contributed by atoms with van der Waals surface area (Å²) in [5.41, 5.74) is 4.59. The molecule has 0 aromatic heterocycles. The molecule has 256 valence electrons. The Balaban J connectivity index is 1.59. The smallest absolute Gasteiger partial charge is 0.348 e. The fourth-order valence-electron chi connectivity index (χ4n) is 5.30. The molecule has 9 heteroatoms. The lowest BCUT2D eigenvalue weighted by molar-refractivity contribution is -0.139. The van der Waals surface area contributed by atoms with Crippen molar-refractivity contribution in [2.45, 2.75) is 34.1 Å². The number of benzene rings is 3. The topological polar surface area (TPSA) is 110 Å². The van der Waals surface area contributed by atoms with Crippen LogP contribution in [0.2, 0.25) is 0 Å². The average molecular weight is 662 g/mol. The molecule has 0 heterocycles. The van der Waals surface area contributed by atoms with Gasteiger partial charge in [-0.3, -0.25) is 4.90 Å². The van der Waals surface area contributed by atoms with Gasteiger partial charge in [0.1, 0.15) is 36.5 Å². The van der Waals surface area contributed by atoms with Crippen molar-refractivity contribution in [2.24, 2.45) is 0 Å². The van der Waals surface area contributed by atoms with Crippen LogP contribution in [0.25, 0.3) is 12.2 Å². The van der Waals surface area contributed by atoms with Crippen LogP contribution in [0.1, 0.15) is 44.4 Å². The first kappa shape index (κ1) is 38.1. The Kier molecular flexibility index (Phi) is 16.1. The van der Waals surface area contributed by atoms with Gasteiger partial charge in [-0.2, -0.15) is 10.5 Å². The van der Waals surface area contributed by atoms with Gasteiger partial charge in [0.15, 0.2) is 0 Å². The van der Waals surface area contributed by atoms with Gasteiger partial charge in [-0.25, -0.2) is 9.59 Å². The molecule has 3 aromatic carbocycles. The van der Waals surface area contributed by atoms with Crippen LogP contribution in [-0.4, -0.2) is 75.9 Å². The molecule has 0 aliphatic heterocycles. The van der Waals surface area contributed by atoms with Crippen LogP contribution in [0.3, 0.4) is 0 Å². The molecule has 0 bridgehead atoms. The first-order chi connectivity index (χ1) is 23.8. The highest BCUT2D eigenvalue weighted by Gasteiger charge is 2.15. The first-order valence-electron chi connectivity index (χ1n) is 16.9. The van der Waals surface area contributed by atoms with Crippen LogP contribution in [-0.2, 0) is 25.5 Å². The maximum Gasteiger partial charge on any atom is 0.348 e. The minimum Gasteiger partial charge on any atom is -0.460 e. The first-order valence-corrected chi connectivity index (χ1v) is 16.9. The molecule has 0 spiro atoms. The molecule has 0 aliphatic carbocycles. The number of ether oxygens (including phenoxy) is 2. The summed E-state index contributed by atoms with van der Waals surface area (Å²) in [4.78, 5) is 32.1. The molecule has 0 unspecified atom stereocenters. The number of esters is 2. The van der Waals surface area contributed by atoms with E-state index in [0.717, 1.165) is 60.7 Å². The Morgan fingerprint density at radius 3 is 1.39 bits per heavy atom. The minimum atomic E-state index is -0.696. The van der Waals surface area contributed by atoms with Gasteiger partial charge in [0, 0.05) is 57.2 Å². The maximum absolute atomic E-state index is 12.8. The summed E-state index contributed by atoms with van der Waals surface area (Å²) in [6, 6.07) is 29.3. The van der Waals surface area contributed by atoms with Gasteiger partial charge in [-0.1, -0.05) is 54.6 Å². The number of nitriles is 2. The quantitative estimate of drug-likeness (QED) is 0.0805. The van der Waals surface area contributed by atoms with Crippen LogP contribution in [0.4, 0.5) is 11.4 Å². The SMILES string of the molecule is CCN(CC)c1ccc(/C=C(\C#N)C(=O)OCCN(CCOC(=O)/C(C#N)=C/c2ccc(N(CC)CC)cc2)CCc2ccccc2)cc1. The molecule has 9 nitrogen and oxygen atoms in total. The number of anilines is 2. The third-order valence-corrected chi connectivity index (χ3v) is 8.19. The van der Waals surface area contributed by atoms with E-state index in [1.807, 2.05) is 95.9 Å². The molecule has 0 saturated carbocycles. The lowest BCUT2D eigenvalue weighted by Gasteiger charge is -2.22. The van der Waals surface area contributed by atoms with E-state index < -0.39 is 11.9 Å².